The standard InChI is InChI=1S/C18H20FNO4/c1-10-14(5-6-24-10)18(22)20-17(12-7-13(21)8-12)11-3-4-16(23-2)15(19)9-11/h3-6,9,12-13,17,21H,7-8H2,1-2H3,(H,20,22)/t12?,13?,17-/m1/s1. The quantitative estimate of drug-likeness (QED) is 0.882. The Morgan fingerprint density at radius 2 is 2.17 bits per heavy atom. The first-order valence-corrected chi connectivity index (χ1v) is 7.86. The summed E-state index contributed by atoms with van der Waals surface area (Å²) in [7, 11) is 1.40. The molecule has 1 aromatic heterocycles. The van der Waals surface area contributed by atoms with E-state index in [-0.39, 0.29) is 29.7 Å². The van der Waals surface area contributed by atoms with Gasteiger partial charge in [0.25, 0.3) is 5.91 Å². The van der Waals surface area contributed by atoms with E-state index in [4.69, 9.17) is 9.15 Å². The van der Waals surface area contributed by atoms with Crippen LogP contribution in [0.3, 0.4) is 0 Å². The van der Waals surface area contributed by atoms with Crippen LogP contribution in [0.2, 0.25) is 0 Å². The minimum absolute atomic E-state index is 0.0592. The number of hydrogen-bond donors (Lipinski definition) is 2. The Kier molecular flexibility index (Phi) is 4.57. The van der Waals surface area contributed by atoms with Crippen LogP contribution in [0.4, 0.5) is 4.39 Å². The van der Waals surface area contributed by atoms with Gasteiger partial charge in [-0.25, -0.2) is 4.39 Å². The minimum Gasteiger partial charge on any atom is -0.494 e. The van der Waals surface area contributed by atoms with Gasteiger partial charge in [-0.2, -0.15) is 0 Å². The number of aliphatic hydroxyl groups is 1. The highest BCUT2D eigenvalue weighted by atomic mass is 19.1. The number of nitrogens with one attached hydrogen (secondary N) is 1. The molecule has 1 fully saturated rings. The molecule has 1 atom stereocenters. The van der Waals surface area contributed by atoms with Gasteiger partial charge in [-0.1, -0.05) is 6.07 Å². The fraction of sp³-hybridized carbons (Fsp3) is 0.389. The maximum absolute atomic E-state index is 14.0. The molecule has 5 nitrogen and oxygen atoms in total. The number of carbonyl (C=O) groups is 1. The highest BCUT2D eigenvalue weighted by molar-refractivity contribution is 5.95. The van der Waals surface area contributed by atoms with Crippen molar-refractivity contribution in [2.75, 3.05) is 7.11 Å². The maximum atomic E-state index is 14.0. The second kappa shape index (κ2) is 6.65. The summed E-state index contributed by atoms with van der Waals surface area (Å²) in [6.07, 6.45) is 2.24. The van der Waals surface area contributed by atoms with Gasteiger partial charge in [-0.3, -0.25) is 4.79 Å². The number of furan rings is 1. The molecular formula is C18H20FNO4. The lowest BCUT2D eigenvalue weighted by atomic mass is 9.75. The van der Waals surface area contributed by atoms with Crippen molar-refractivity contribution in [2.24, 2.45) is 5.92 Å². The number of amides is 1. The number of benzene rings is 1. The van der Waals surface area contributed by atoms with Crippen LogP contribution in [0.25, 0.3) is 0 Å². The molecule has 0 saturated heterocycles. The molecule has 6 heteroatoms. The molecule has 2 N–H and O–H groups in total. The first-order chi connectivity index (χ1) is 11.5. The molecule has 1 amide bonds. The number of carbonyl (C=O) groups excluding carboxylic acids is 1. The van der Waals surface area contributed by atoms with Crippen molar-refractivity contribution in [3.8, 4) is 5.75 Å². The zero-order chi connectivity index (χ0) is 17.3. The maximum Gasteiger partial charge on any atom is 0.255 e. The van der Waals surface area contributed by atoms with Crippen LogP contribution >= 0.6 is 0 Å². The van der Waals surface area contributed by atoms with Crippen molar-refractivity contribution in [3.63, 3.8) is 0 Å². The van der Waals surface area contributed by atoms with Crippen LogP contribution in [0.5, 0.6) is 5.75 Å². The molecular weight excluding hydrogens is 313 g/mol. The average Bonchev–Trinajstić information content (AvgIpc) is 2.96. The van der Waals surface area contributed by atoms with Crippen LogP contribution in [0.1, 0.15) is 40.6 Å². The fourth-order valence-electron chi connectivity index (χ4n) is 3.09. The van der Waals surface area contributed by atoms with Crippen molar-refractivity contribution in [1.82, 2.24) is 5.32 Å². The number of methoxy groups -OCH3 is 1. The normalized spacial score (nSPS) is 21.0. The highest BCUT2D eigenvalue weighted by Crippen LogP contribution is 2.39. The zero-order valence-corrected chi connectivity index (χ0v) is 13.6. The summed E-state index contributed by atoms with van der Waals surface area (Å²) in [4.78, 5) is 12.5. The summed E-state index contributed by atoms with van der Waals surface area (Å²) >= 11 is 0. The third kappa shape index (κ3) is 3.14. The van der Waals surface area contributed by atoms with Crippen LogP contribution in [-0.2, 0) is 0 Å². The molecule has 128 valence electrons. The molecule has 0 unspecified atom stereocenters. The van der Waals surface area contributed by atoms with Gasteiger partial charge in [-0.15, -0.1) is 0 Å². The fourth-order valence-corrected chi connectivity index (χ4v) is 3.09. The van der Waals surface area contributed by atoms with Gasteiger partial charge >= 0.3 is 0 Å². The molecule has 0 aliphatic heterocycles. The third-order valence-electron chi connectivity index (χ3n) is 4.55. The molecule has 1 aromatic carbocycles. The lowest BCUT2D eigenvalue weighted by Crippen LogP contribution is -2.41. The van der Waals surface area contributed by atoms with Gasteiger partial charge in [-0.05, 0) is 49.4 Å². The van der Waals surface area contributed by atoms with Gasteiger partial charge in [0.15, 0.2) is 11.6 Å². The summed E-state index contributed by atoms with van der Waals surface area (Å²) in [5.74, 6) is -0.00890. The molecule has 1 aliphatic carbocycles. The predicted molar refractivity (Wildman–Crippen MR) is 85.3 cm³/mol. The Labute approximate surface area is 139 Å². The third-order valence-corrected chi connectivity index (χ3v) is 4.55. The molecule has 0 spiro atoms. The first-order valence-electron chi connectivity index (χ1n) is 7.86. The zero-order valence-electron chi connectivity index (χ0n) is 13.6. The molecule has 0 bridgehead atoms. The summed E-state index contributed by atoms with van der Waals surface area (Å²) < 4.78 is 24.1. The van der Waals surface area contributed by atoms with E-state index in [1.165, 1.54) is 19.4 Å². The molecule has 24 heavy (non-hydrogen) atoms. The van der Waals surface area contributed by atoms with E-state index in [9.17, 15) is 14.3 Å². The molecule has 1 aliphatic rings. The number of ether oxygens (including phenoxy) is 1. The number of aliphatic hydroxyl groups excluding tert-OH is 1. The van der Waals surface area contributed by atoms with Crippen molar-refractivity contribution in [1.29, 1.82) is 0 Å². The predicted octanol–water partition coefficient (Wildman–Crippen LogP) is 2.98. The molecule has 2 aromatic rings. The van der Waals surface area contributed by atoms with Gasteiger partial charge in [0.05, 0.1) is 31.1 Å². The van der Waals surface area contributed by atoms with Crippen molar-refractivity contribution < 1.29 is 23.4 Å². The van der Waals surface area contributed by atoms with E-state index in [1.807, 2.05) is 0 Å². The average molecular weight is 333 g/mol. The number of aryl methyl sites for hydroxylation is 1. The summed E-state index contributed by atoms with van der Waals surface area (Å²) in [6.45, 7) is 1.71. The summed E-state index contributed by atoms with van der Waals surface area (Å²) in [5, 5.41) is 12.5. The largest absolute Gasteiger partial charge is 0.494 e. The molecule has 3 rings (SSSR count). The minimum atomic E-state index is -0.478. The highest BCUT2D eigenvalue weighted by Gasteiger charge is 2.36. The Bertz CT molecular complexity index is 736. The van der Waals surface area contributed by atoms with Crippen molar-refractivity contribution in [2.45, 2.75) is 31.9 Å². The monoisotopic (exact) mass is 333 g/mol. The molecule has 1 heterocycles. The second-order valence-electron chi connectivity index (χ2n) is 6.12. The lowest BCUT2D eigenvalue weighted by Gasteiger charge is -2.38. The van der Waals surface area contributed by atoms with E-state index >= 15 is 0 Å². The van der Waals surface area contributed by atoms with E-state index < -0.39 is 5.82 Å². The number of halogens is 1. The van der Waals surface area contributed by atoms with Gasteiger partial charge in [0.1, 0.15) is 5.76 Å². The van der Waals surface area contributed by atoms with E-state index in [0.29, 0.717) is 29.7 Å². The Hall–Kier alpha value is -2.34. The van der Waals surface area contributed by atoms with Crippen LogP contribution < -0.4 is 10.1 Å². The van der Waals surface area contributed by atoms with Crippen LogP contribution in [-0.4, -0.2) is 24.2 Å². The van der Waals surface area contributed by atoms with Crippen molar-refractivity contribution >= 4 is 5.91 Å². The van der Waals surface area contributed by atoms with E-state index in [0.717, 1.165) is 0 Å². The van der Waals surface area contributed by atoms with E-state index in [1.54, 1.807) is 25.1 Å². The van der Waals surface area contributed by atoms with Crippen LogP contribution in [0, 0.1) is 18.7 Å². The Morgan fingerprint density at radius 3 is 2.71 bits per heavy atom. The second-order valence-corrected chi connectivity index (χ2v) is 6.12. The van der Waals surface area contributed by atoms with Crippen molar-refractivity contribution in [3.05, 3.63) is 53.2 Å². The van der Waals surface area contributed by atoms with E-state index in [2.05, 4.69) is 5.32 Å². The Morgan fingerprint density at radius 1 is 1.42 bits per heavy atom. The van der Waals surface area contributed by atoms with Gasteiger partial charge < -0.3 is 19.6 Å². The number of rotatable bonds is 5. The smallest absolute Gasteiger partial charge is 0.255 e. The lowest BCUT2D eigenvalue weighted by molar-refractivity contribution is 0.0234. The van der Waals surface area contributed by atoms with Crippen LogP contribution in [0.15, 0.2) is 34.9 Å². The number of hydrogen-bond acceptors (Lipinski definition) is 4. The van der Waals surface area contributed by atoms with Gasteiger partial charge in [0.2, 0.25) is 0 Å². The summed E-state index contributed by atoms with van der Waals surface area (Å²) in [5.41, 5.74) is 1.11. The first kappa shape index (κ1) is 16.5. The van der Waals surface area contributed by atoms with Gasteiger partial charge in [0, 0.05) is 0 Å². The SMILES string of the molecule is COc1ccc([C@@H](NC(=O)c2ccoc2C)C2CC(O)C2)cc1F. The summed E-state index contributed by atoms with van der Waals surface area (Å²) in [6, 6.07) is 5.88. The Balaban J connectivity index is 1.85. The topological polar surface area (TPSA) is 71.7 Å². The molecule has 1 saturated carbocycles. The molecule has 0 radical (unpaired) electrons.